The minimum absolute atomic E-state index is 0.0634. The summed E-state index contributed by atoms with van der Waals surface area (Å²) in [6, 6.07) is 4.26. The topological polar surface area (TPSA) is 70.9 Å². The third kappa shape index (κ3) is 6.45. The van der Waals surface area contributed by atoms with Crippen molar-refractivity contribution in [2.45, 2.75) is 72.6 Å². The Bertz CT molecular complexity index is 828. The van der Waals surface area contributed by atoms with E-state index < -0.39 is 0 Å². The molecular formula is C22H32Cl2N4O. The number of nitrogens with zero attached hydrogens (tertiary/aromatic N) is 3. The van der Waals surface area contributed by atoms with Gasteiger partial charge in [0.25, 0.3) is 0 Å². The van der Waals surface area contributed by atoms with Crippen LogP contribution in [0.4, 0.5) is 5.95 Å². The molecule has 5 nitrogen and oxygen atoms in total. The van der Waals surface area contributed by atoms with Crippen LogP contribution in [-0.2, 0) is 17.3 Å². The van der Waals surface area contributed by atoms with E-state index in [0.717, 1.165) is 17.5 Å². The van der Waals surface area contributed by atoms with E-state index in [4.69, 9.17) is 23.2 Å². The van der Waals surface area contributed by atoms with E-state index in [2.05, 4.69) is 87.8 Å². The van der Waals surface area contributed by atoms with Gasteiger partial charge in [0, 0.05) is 6.54 Å². The van der Waals surface area contributed by atoms with Crippen molar-refractivity contribution in [1.82, 2.24) is 15.0 Å². The number of phenols is 1. The van der Waals surface area contributed by atoms with Crippen molar-refractivity contribution in [2.75, 3.05) is 11.9 Å². The van der Waals surface area contributed by atoms with E-state index in [9.17, 15) is 5.11 Å². The Morgan fingerprint density at radius 1 is 0.828 bits per heavy atom. The summed E-state index contributed by atoms with van der Waals surface area (Å²) in [5, 5.41) is 14.3. The van der Waals surface area contributed by atoms with Gasteiger partial charge in [-0.05, 0) is 62.6 Å². The van der Waals surface area contributed by atoms with E-state index in [0.29, 0.717) is 18.2 Å². The molecule has 0 saturated heterocycles. The lowest BCUT2D eigenvalue weighted by Gasteiger charge is -2.30. The number of phenolic OH excluding ortho intramolecular Hbond substituents is 1. The fourth-order valence-corrected chi connectivity index (χ4v) is 3.64. The number of anilines is 1. The zero-order valence-electron chi connectivity index (χ0n) is 18.6. The molecule has 1 aromatic carbocycles. The van der Waals surface area contributed by atoms with Crippen LogP contribution in [0.25, 0.3) is 0 Å². The van der Waals surface area contributed by atoms with Gasteiger partial charge < -0.3 is 10.4 Å². The smallest absolute Gasteiger partial charge is 0.228 e. The first-order chi connectivity index (χ1) is 13.1. The Labute approximate surface area is 184 Å². The van der Waals surface area contributed by atoms with Crippen LogP contribution in [0.1, 0.15) is 72.1 Å². The minimum Gasteiger partial charge on any atom is -0.507 e. The van der Waals surface area contributed by atoms with Crippen LogP contribution in [0.3, 0.4) is 0 Å². The molecule has 7 heteroatoms. The summed E-state index contributed by atoms with van der Waals surface area (Å²) in [5.41, 5.74) is 2.73. The second-order valence-corrected chi connectivity index (χ2v) is 11.1. The zero-order valence-corrected chi connectivity index (χ0v) is 20.1. The highest BCUT2D eigenvalue weighted by Gasteiger charge is 2.28. The summed E-state index contributed by atoms with van der Waals surface area (Å²) < 4.78 is 0. The summed E-state index contributed by atoms with van der Waals surface area (Å²) >= 11 is 11.7. The van der Waals surface area contributed by atoms with Crippen LogP contribution >= 0.6 is 23.2 Å². The van der Waals surface area contributed by atoms with Crippen molar-refractivity contribution in [2.24, 2.45) is 5.41 Å². The maximum Gasteiger partial charge on any atom is 0.228 e. The van der Waals surface area contributed by atoms with Gasteiger partial charge in [-0.1, -0.05) is 67.5 Å². The molecule has 0 bridgehead atoms. The maximum absolute atomic E-state index is 10.9. The number of aromatic nitrogens is 3. The van der Waals surface area contributed by atoms with Crippen LogP contribution < -0.4 is 5.32 Å². The monoisotopic (exact) mass is 438 g/mol. The Morgan fingerprint density at radius 2 is 1.28 bits per heavy atom. The Kier molecular flexibility index (Phi) is 6.75. The van der Waals surface area contributed by atoms with Crippen LogP contribution in [0.5, 0.6) is 5.75 Å². The molecule has 2 aromatic rings. The molecular weight excluding hydrogens is 407 g/mol. The maximum atomic E-state index is 10.9. The Hall–Kier alpha value is -1.59. The van der Waals surface area contributed by atoms with E-state index in [1.165, 1.54) is 5.56 Å². The van der Waals surface area contributed by atoms with Gasteiger partial charge in [0.1, 0.15) is 5.75 Å². The molecule has 2 rings (SSSR count). The van der Waals surface area contributed by atoms with Gasteiger partial charge in [-0.15, -0.1) is 0 Å². The quantitative estimate of drug-likeness (QED) is 0.584. The predicted molar refractivity (Wildman–Crippen MR) is 121 cm³/mol. The van der Waals surface area contributed by atoms with Crippen LogP contribution in [0, 0.1) is 5.41 Å². The predicted octanol–water partition coefficient (Wildman–Crippen LogP) is 6.16. The number of halogens is 2. The molecule has 29 heavy (non-hydrogen) atoms. The van der Waals surface area contributed by atoms with Crippen molar-refractivity contribution in [3.8, 4) is 5.75 Å². The number of benzene rings is 1. The molecule has 2 N–H and O–H groups in total. The molecule has 0 aliphatic heterocycles. The normalized spacial score (nSPS) is 12.9. The average Bonchev–Trinajstić information content (AvgIpc) is 2.51. The van der Waals surface area contributed by atoms with Gasteiger partial charge in [0.05, 0.1) is 0 Å². The first kappa shape index (κ1) is 23.7. The lowest BCUT2D eigenvalue weighted by atomic mass is 9.76. The molecule has 0 aliphatic rings. The van der Waals surface area contributed by atoms with E-state index in [1.54, 1.807) is 0 Å². The minimum atomic E-state index is -0.152. The van der Waals surface area contributed by atoms with Gasteiger partial charge in [-0.2, -0.15) is 15.0 Å². The molecule has 0 amide bonds. The number of aromatic hydroxyl groups is 1. The lowest BCUT2D eigenvalue weighted by Crippen LogP contribution is -2.27. The second-order valence-electron chi connectivity index (χ2n) is 10.4. The Balaban J connectivity index is 2.31. The van der Waals surface area contributed by atoms with Gasteiger partial charge in [0.15, 0.2) is 0 Å². The van der Waals surface area contributed by atoms with Gasteiger partial charge in [0.2, 0.25) is 16.5 Å². The molecule has 0 spiro atoms. The van der Waals surface area contributed by atoms with Crippen LogP contribution in [0.15, 0.2) is 12.1 Å². The van der Waals surface area contributed by atoms with E-state index in [-0.39, 0.29) is 26.8 Å². The fourth-order valence-electron chi connectivity index (χ4n) is 3.28. The standard InChI is InChI=1S/C22H32Cl2N4O/c1-20(2,3)14-9-13(10-15(16(14)29)21(4,5)6)11-22(7,8)12-25-19-27-17(23)26-18(24)28-19/h9-10,29H,11-12H2,1-8H3,(H,25,26,27,28). The highest BCUT2D eigenvalue weighted by atomic mass is 35.5. The number of hydrogen-bond acceptors (Lipinski definition) is 5. The van der Waals surface area contributed by atoms with E-state index in [1.807, 2.05) is 0 Å². The molecule has 0 fully saturated rings. The summed E-state index contributed by atoms with van der Waals surface area (Å²) in [6.07, 6.45) is 0.818. The van der Waals surface area contributed by atoms with Crippen LogP contribution in [0.2, 0.25) is 10.6 Å². The van der Waals surface area contributed by atoms with Crippen molar-refractivity contribution < 1.29 is 5.11 Å². The SMILES string of the molecule is CC(C)(CNc1nc(Cl)nc(Cl)n1)Cc1cc(C(C)(C)C)c(O)c(C(C)(C)C)c1. The number of rotatable bonds is 5. The van der Waals surface area contributed by atoms with Crippen LogP contribution in [-0.4, -0.2) is 26.6 Å². The lowest BCUT2D eigenvalue weighted by molar-refractivity contribution is 0.384. The zero-order chi connectivity index (χ0) is 22.2. The third-order valence-corrected chi connectivity index (χ3v) is 5.11. The fraction of sp³-hybridized carbons (Fsp3) is 0.591. The number of nitrogens with one attached hydrogen (secondary N) is 1. The molecule has 160 valence electrons. The Morgan fingerprint density at radius 3 is 1.69 bits per heavy atom. The molecule has 1 heterocycles. The highest BCUT2D eigenvalue weighted by molar-refractivity contribution is 6.31. The van der Waals surface area contributed by atoms with Gasteiger partial charge in [-0.3, -0.25) is 0 Å². The van der Waals surface area contributed by atoms with Crippen molar-refractivity contribution in [3.63, 3.8) is 0 Å². The number of hydrogen-bond donors (Lipinski definition) is 2. The van der Waals surface area contributed by atoms with E-state index >= 15 is 0 Å². The van der Waals surface area contributed by atoms with Gasteiger partial charge in [-0.25, -0.2) is 0 Å². The van der Waals surface area contributed by atoms with Gasteiger partial charge >= 0.3 is 0 Å². The average molecular weight is 439 g/mol. The summed E-state index contributed by atoms with van der Waals surface area (Å²) in [4.78, 5) is 11.9. The molecule has 0 aliphatic carbocycles. The first-order valence-electron chi connectivity index (χ1n) is 9.76. The van der Waals surface area contributed by atoms with Crippen molar-refractivity contribution >= 4 is 29.2 Å². The molecule has 0 saturated carbocycles. The van der Waals surface area contributed by atoms with Crippen molar-refractivity contribution in [3.05, 3.63) is 39.4 Å². The third-order valence-electron chi connectivity index (χ3n) is 4.77. The largest absolute Gasteiger partial charge is 0.507 e. The summed E-state index contributed by atoms with van der Waals surface area (Å²) in [5.74, 6) is 0.763. The molecule has 0 atom stereocenters. The summed E-state index contributed by atoms with van der Waals surface area (Å²) in [6.45, 7) is 17.7. The molecule has 0 unspecified atom stereocenters. The molecule has 0 radical (unpaired) electrons. The highest BCUT2D eigenvalue weighted by Crippen LogP contribution is 2.40. The summed E-state index contributed by atoms with van der Waals surface area (Å²) in [7, 11) is 0. The molecule has 1 aromatic heterocycles. The van der Waals surface area contributed by atoms with Crippen molar-refractivity contribution in [1.29, 1.82) is 0 Å². The second kappa shape index (κ2) is 8.27. The first-order valence-corrected chi connectivity index (χ1v) is 10.5.